The van der Waals surface area contributed by atoms with Crippen molar-refractivity contribution in [3.8, 4) is 5.75 Å². The Labute approximate surface area is 130 Å². The maximum atomic E-state index is 13.7. The summed E-state index contributed by atoms with van der Waals surface area (Å²) in [7, 11) is 1.36. The first-order valence-corrected chi connectivity index (χ1v) is 7.35. The summed E-state index contributed by atoms with van der Waals surface area (Å²) in [5.41, 5.74) is 0.000323. The number of rotatable bonds is 5. The van der Waals surface area contributed by atoms with Crippen LogP contribution in [0.2, 0.25) is 0 Å². The number of thiazole rings is 1. The molecule has 0 atom stereocenters. The van der Waals surface area contributed by atoms with Crippen molar-refractivity contribution in [2.24, 2.45) is 0 Å². The van der Waals surface area contributed by atoms with Gasteiger partial charge in [-0.15, -0.1) is 11.3 Å². The summed E-state index contributed by atoms with van der Waals surface area (Å²) in [6, 6.07) is 2.31. The van der Waals surface area contributed by atoms with Crippen molar-refractivity contribution in [2.75, 3.05) is 19.0 Å². The minimum atomic E-state index is -0.632. The molecule has 1 aromatic heterocycles. The molecule has 8 heteroatoms. The zero-order valence-electron chi connectivity index (χ0n) is 11.2. The minimum absolute atomic E-state index is 0.000323. The molecule has 0 radical (unpaired) electrons. The Morgan fingerprint density at radius 2 is 2.10 bits per heavy atom. The highest BCUT2D eigenvalue weighted by molar-refractivity contribution is 7.80. The van der Waals surface area contributed by atoms with Gasteiger partial charge in [0.2, 0.25) is 0 Å². The third-order valence-corrected chi connectivity index (χ3v) is 3.60. The van der Waals surface area contributed by atoms with Crippen molar-refractivity contribution in [1.29, 1.82) is 0 Å². The number of hydrogen-bond acceptors (Lipinski definition) is 4. The molecule has 1 aromatic carbocycles. The highest BCUT2D eigenvalue weighted by atomic mass is 32.1. The van der Waals surface area contributed by atoms with Crippen molar-refractivity contribution >= 4 is 33.8 Å². The zero-order valence-corrected chi connectivity index (χ0v) is 12.8. The van der Waals surface area contributed by atoms with Crippen molar-refractivity contribution in [1.82, 2.24) is 10.3 Å². The lowest BCUT2D eigenvalue weighted by molar-refractivity contribution is 0.405. The lowest BCUT2D eigenvalue weighted by Crippen LogP contribution is -2.30. The Balaban J connectivity index is 1.87. The number of benzene rings is 1. The van der Waals surface area contributed by atoms with Gasteiger partial charge in [-0.25, -0.2) is 13.8 Å². The number of methoxy groups -OCH3 is 1. The predicted octanol–water partition coefficient (Wildman–Crippen LogP) is 2.96. The Hall–Kier alpha value is -1.80. The number of aromatic nitrogens is 1. The van der Waals surface area contributed by atoms with Gasteiger partial charge in [0.25, 0.3) is 0 Å². The van der Waals surface area contributed by atoms with Crippen molar-refractivity contribution < 1.29 is 13.5 Å². The molecule has 0 spiro atoms. The van der Waals surface area contributed by atoms with Crippen LogP contribution < -0.4 is 15.4 Å². The second-order valence-electron chi connectivity index (χ2n) is 4.04. The molecule has 2 aromatic rings. The number of nitrogens with zero attached hydrogens (tertiary/aromatic N) is 1. The largest absolute Gasteiger partial charge is 0.497 e. The van der Waals surface area contributed by atoms with E-state index in [2.05, 4.69) is 15.6 Å². The summed E-state index contributed by atoms with van der Waals surface area (Å²) in [4.78, 5) is 4.02. The van der Waals surface area contributed by atoms with Crippen molar-refractivity contribution in [3.63, 3.8) is 0 Å². The summed E-state index contributed by atoms with van der Waals surface area (Å²) in [5, 5.41) is 8.59. The van der Waals surface area contributed by atoms with Crippen LogP contribution in [0.5, 0.6) is 5.75 Å². The topological polar surface area (TPSA) is 46.2 Å². The van der Waals surface area contributed by atoms with Crippen LogP contribution in [0.3, 0.4) is 0 Å². The Kier molecular flexibility index (Phi) is 5.40. The molecule has 21 heavy (non-hydrogen) atoms. The van der Waals surface area contributed by atoms with Crippen LogP contribution in [-0.4, -0.2) is 23.8 Å². The first-order chi connectivity index (χ1) is 10.1. The fourth-order valence-corrected chi connectivity index (χ4v) is 2.46. The average Bonchev–Trinajstić information content (AvgIpc) is 2.94. The molecule has 0 aliphatic rings. The van der Waals surface area contributed by atoms with Crippen LogP contribution in [0.1, 0.15) is 5.56 Å². The predicted molar refractivity (Wildman–Crippen MR) is 83.0 cm³/mol. The second kappa shape index (κ2) is 7.28. The van der Waals surface area contributed by atoms with E-state index in [1.54, 1.807) is 6.20 Å². The van der Waals surface area contributed by atoms with Gasteiger partial charge in [0, 0.05) is 35.8 Å². The standard InChI is InChI=1S/C13H13F2N3OS2/c1-19-8-6-10(14)9(11(15)7-8)2-3-16-12(20)18-13-17-4-5-21-13/h4-7H,2-3H2,1H3,(H2,16,17,18,20). The van der Waals surface area contributed by atoms with E-state index < -0.39 is 11.6 Å². The van der Waals surface area contributed by atoms with E-state index in [0.717, 1.165) is 12.1 Å². The molecule has 0 saturated carbocycles. The highest BCUT2D eigenvalue weighted by Crippen LogP contribution is 2.20. The Morgan fingerprint density at radius 3 is 2.67 bits per heavy atom. The van der Waals surface area contributed by atoms with Gasteiger partial charge in [-0.3, -0.25) is 0 Å². The van der Waals surface area contributed by atoms with E-state index in [9.17, 15) is 8.78 Å². The van der Waals surface area contributed by atoms with E-state index in [4.69, 9.17) is 17.0 Å². The molecular weight excluding hydrogens is 316 g/mol. The van der Waals surface area contributed by atoms with Gasteiger partial charge in [0.15, 0.2) is 10.2 Å². The molecule has 0 aliphatic heterocycles. The van der Waals surface area contributed by atoms with Gasteiger partial charge >= 0.3 is 0 Å². The Morgan fingerprint density at radius 1 is 1.38 bits per heavy atom. The monoisotopic (exact) mass is 329 g/mol. The number of ether oxygens (including phenoxy) is 1. The summed E-state index contributed by atoms with van der Waals surface area (Å²) < 4.78 is 32.2. The Bertz CT molecular complexity index is 597. The third-order valence-electron chi connectivity index (χ3n) is 2.66. The normalized spacial score (nSPS) is 10.2. The summed E-state index contributed by atoms with van der Waals surface area (Å²) in [5.74, 6) is -1.11. The average molecular weight is 329 g/mol. The highest BCUT2D eigenvalue weighted by Gasteiger charge is 2.11. The molecule has 0 fully saturated rings. The van der Waals surface area contributed by atoms with E-state index in [1.165, 1.54) is 18.4 Å². The molecule has 0 aliphatic carbocycles. The molecular formula is C13H13F2N3OS2. The fraction of sp³-hybridized carbons (Fsp3) is 0.231. The molecule has 0 bridgehead atoms. The van der Waals surface area contributed by atoms with E-state index in [0.29, 0.717) is 16.8 Å². The van der Waals surface area contributed by atoms with Gasteiger partial charge in [-0.05, 0) is 18.6 Å². The fourth-order valence-electron chi connectivity index (χ4n) is 1.66. The van der Waals surface area contributed by atoms with Gasteiger partial charge < -0.3 is 15.4 Å². The van der Waals surface area contributed by atoms with Crippen LogP contribution in [0.25, 0.3) is 0 Å². The molecule has 0 saturated heterocycles. The number of hydrogen-bond donors (Lipinski definition) is 2. The molecule has 4 nitrogen and oxygen atoms in total. The summed E-state index contributed by atoms with van der Waals surface area (Å²) in [6.45, 7) is 0.303. The SMILES string of the molecule is COc1cc(F)c(CCNC(=S)Nc2nccs2)c(F)c1. The van der Waals surface area contributed by atoms with E-state index in [-0.39, 0.29) is 17.7 Å². The first kappa shape index (κ1) is 15.6. The molecule has 2 N–H and O–H groups in total. The number of halogens is 2. The number of anilines is 1. The van der Waals surface area contributed by atoms with Gasteiger partial charge in [-0.2, -0.15) is 0 Å². The molecule has 2 rings (SSSR count). The van der Waals surface area contributed by atoms with Crippen LogP contribution in [0.4, 0.5) is 13.9 Å². The molecule has 1 heterocycles. The van der Waals surface area contributed by atoms with Gasteiger partial charge in [-0.1, -0.05) is 0 Å². The van der Waals surface area contributed by atoms with E-state index >= 15 is 0 Å². The van der Waals surface area contributed by atoms with Crippen molar-refractivity contribution in [2.45, 2.75) is 6.42 Å². The lowest BCUT2D eigenvalue weighted by Gasteiger charge is -2.10. The third kappa shape index (κ3) is 4.33. The summed E-state index contributed by atoms with van der Waals surface area (Å²) >= 11 is 6.47. The lowest BCUT2D eigenvalue weighted by atomic mass is 10.1. The van der Waals surface area contributed by atoms with Gasteiger partial charge in [0.05, 0.1) is 7.11 Å². The number of thiocarbonyl (C=S) groups is 1. The van der Waals surface area contributed by atoms with Crippen LogP contribution in [0.15, 0.2) is 23.7 Å². The second-order valence-corrected chi connectivity index (χ2v) is 5.34. The first-order valence-electron chi connectivity index (χ1n) is 6.06. The number of nitrogens with one attached hydrogen (secondary N) is 2. The van der Waals surface area contributed by atoms with Crippen LogP contribution in [-0.2, 0) is 6.42 Å². The van der Waals surface area contributed by atoms with Crippen molar-refractivity contribution in [3.05, 3.63) is 40.9 Å². The smallest absolute Gasteiger partial charge is 0.188 e. The summed E-state index contributed by atoms with van der Waals surface area (Å²) in [6.07, 6.45) is 1.82. The zero-order chi connectivity index (χ0) is 15.2. The van der Waals surface area contributed by atoms with Crippen LogP contribution in [0, 0.1) is 11.6 Å². The minimum Gasteiger partial charge on any atom is -0.497 e. The van der Waals surface area contributed by atoms with Gasteiger partial charge in [0.1, 0.15) is 17.4 Å². The maximum Gasteiger partial charge on any atom is 0.188 e. The molecule has 112 valence electrons. The molecule has 0 unspecified atom stereocenters. The van der Waals surface area contributed by atoms with Crippen LogP contribution >= 0.6 is 23.6 Å². The maximum absolute atomic E-state index is 13.7. The van der Waals surface area contributed by atoms with E-state index in [1.807, 2.05) is 5.38 Å². The molecule has 0 amide bonds. The quantitative estimate of drug-likeness (QED) is 0.826.